The predicted molar refractivity (Wildman–Crippen MR) is 108 cm³/mol. The van der Waals surface area contributed by atoms with Crippen LogP contribution in [0.5, 0.6) is 0 Å². The second-order valence-electron chi connectivity index (χ2n) is 7.41. The molecular weight excluding hydrogens is 408 g/mol. The molecular formula is C20H23N4O5S-. The van der Waals surface area contributed by atoms with Crippen molar-refractivity contribution in [1.82, 2.24) is 9.97 Å². The van der Waals surface area contributed by atoms with Gasteiger partial charge < -0.3 is 15.2 Å². The zero-order valence-electron chi connectivity index (χ0n) is 16.7. The number of amides is 1. The monoisotopic (exact) mass is 431 g/mol. The van der Waals surface area contributed by atoms with Crippen molar-refractivity contribution in [2.45, 2.75) is 44.4 Å². The van der Waals surface area contributed by atoms with E-state index in [1.165, 1.54) is 24.3 Å². The van der Waals surface area contributed by atoms with Gasteiger partial charge in [0.25, 0.3) is 10.0 Å². The van der Waals surface area contributed by atoms with E-state index >= 15 is 0 Å². The van der Waals surface area contributed by atoms with Crippen molar-refractivity contribution in [2.24, 2.45) is 11.8 Å². The number of rotatable bonds is 6. The molecule has 0 bridgehead atoms. The summed E-state index contributed by atoms with van der Waals surface area (Å²) in [6.07, 6.45) is 2.44. The molecule has 3 rings (SSSR count). The number of sulfonamides is 1. The van der Waals surface area contributed by atoms with Crippen molar-refractivity contribution < 1.29 is 23.1 Å². The number of aliphatic carboxylic acids is 1. The summed E-state index contributed by atoms with van der Waals surface area (Å²) < 4.78 is 27.5. The van der Waals surface area contributed by atoms with Gasteiger partial charge in [0.15, 0.2) is 0 Å². The number of anilines is 2. The number of carboxylic acid groups (broad SMARTS) is 1. The first-order valence-corrected chi connectivity index (χ1v) is 11.1. The summed E-state index contributed by atoms with van der Waals surface area (Å²) in [5, 5.41) is 14.0. The molecule has 0 aliphatic heterocycles. The lowest BCUT2D eigenvalue weighted by Crippen LogP contribution is -2.42. The molecule has 0 spiro atoms. The summed E-state index contributed by atoms with van der Waals surface area (Å²) in [6, 6.07) is 7.32. The summed E-state index contributed by atoms with van der Waals surface area (Å²) in [4.78, 5) is 31.9. The Balaban J connectivity index is 1.70. The van der Waals surface area contributed by atoms with Gasteiger partial charge in [-0.25, -0.2) is 23.1 Å². The highest BCUT2D eigenvalue weighted by Gasteiger charge is 2.31. The highest BCUT2D eigenvalue weighted by molar-refractivity contribution is 7.92. The summed E-state index contributed by atoms with van der Waals surface area (Å²) in [7, 11) is -3.91. The second kappa shape index (κ2) is 8.78. The molecule has 1 aromatic carbocycles. The molecule has 0 radical (unpaired) electrons. The van der Waals surface area contributed by atoms with E-state index in [1.54, 1.807) is 19.9 Å². The topological polar surface area (TPSA) is 141 Å². The van der Waals surface area contributed by atoms with Crippen molar-refractivity contribution >= 4 is 33.5 Å². The fourth-order valence-electron chi connectivity index (χ4n) is 3.63. The Labute approximate surface area is 175 Å². The Bertz CT molecular complexity index is 1030. The van der Waals surface area contributed by atoms with Gasteiger partial charge in [0, 0.05) is 34.9 Å². The lowest BCUT2D eigenvalue weighted by Gasteiger charge is -2.31. The normalized spacial score (nSPS) is 19.1. The highest BCUT2D eigenvalue weighted by Crippen LogP contribution is 2.31. The van der Waals surface area contributed by atoms with Crippen LogP contribution < -0.4 is 15.1 Å². The molecule has 2 atom stereocenters. The number of hydrogen-bond acceptors (Lipinski definition) is 7. The van der Waals surface area contributed by atoms with Crippen LogP contribution in [0.2, 0.25) is 0 Å². The smallest absolute Gasteiger partial charge is 0.264 e. The van der Waals surface area contributed by atoms with E-state index in [-0.39, 0.29) is 10.8 Å². The Kier molecular flexibility index (Phi) is 6.35. The van der Waals surface area contributed by atoms with Crippen LogP contribution in [0, 0.1) is 25.7 Å². The van der Waals surface area contributed by atoms with Crippen LogP contribution in [0.4, 0.5) is 11.6 Å². The third-order valence-electron chi connectivity index (χ3n) is 5.05. The molecule has 2 unspecified atom stereocenters. The average Bonchev–Trinajstić information content (AvgIpc) is 2.67. The predicted octanol–water partition coefficient (Wildman–Crippen LogP) is 1.39. The third-order valence-corrected chi connectivity index (χ3v) is 6.39. The fraction of sp³-hybridized carbons (Fsp3) is 0.400. The third kappa shape index (κ3) is 5.12. The van der Waals surface area contributed by atoms with Gasteiger partial charge in [-0.1, -0.05) is 12.8 Å². The Morgan fingerprint density at radius 3 is 2.13 bits per heavy atom. The van der Waals surface area contributed by atoms with Gasteiger partial charge in [-0.2, -0.15) is 0 Å². The number of hydrogen-bond donors (Lipinski definition) is 2. The molecule has 1 aliphatic carbocycles. The SMILES string of the molecule is Cc1cc(C)nc(NS(=O)(=O)c2ccc(NC(=O)C3CCCCC3C(=O)[O-])cc2)n1. The molecule has 1 saturated carbocycles. The minimum absolute atomic E-state index is 0.0181. The first-order valence-electron chi connectivity index (χ1n) is 9.62. The summed E-state index contributed by atoms with van der Waals surface area (Å²) in [6.45, 7) is 3.47. The van der Waals surface area contributed by atoms with Crippen LogP contribution in [0.25, 0.3) is 0 Å². The number of aromatic nitrogens is 2. The minimum Gasteiger partial charge on any atom is -0.550 e. The summed E-state index contributed by atoms with van der Waals surface area (Å²) in [5.41, 5.74) is 1.65. The highest BCUT2D eigenvalue weighted by atomic mass is 32.2. The molecule has 1 fully saturated rings. The number of carbonyl (C=O) groups is 2. The number of carbonyl (C=O) groups excluding carboxylic acids is 2. The van der Waals surface area contributed by atoms with Crippen LogP contribution in [-0.2, 0) is 19.6 Å². The first kappa shape index (κ1) is 21.7. The molecule has 10 heteroatoms. The van der Waals surface area contributed by atoms with E-state index in [2.05, 4.69) is 20.0 Å². The number of aryl methyl sites for hydroxylation is 2. The quantitative estimate of drug-likeness (QED) is 0.704. The van der Waals surface area contributed by atoms with Gasteiger partial charge in [0.2, 0.25) is 11.9 Å². The van der Waals surface area contributed by atoms with Gasteiger partial charge in [0.05, 0.1) is 4.90 Å². The van der Waals surface area contributed by atoms with E-state index in [4.69, 9.17) is 0 Å². The van der Waals surface area contributed by atoms with Crippen molar-refractivity contribution in [3.05, 3.63) is 41.7 Å². The minimum atomic E-state index is -3.91. The second-order valence-corrected chi connectivity index (χ2v) is 9.09. The molecule has 0 saturated heterocycles. The first-order chi connectivity index (χ1) is 14.2. The number of nitrogens with zero attached hydrogens (tertiary/aromatic N) is 2. The van der Waals surface area contributed by atoms with Gasteiger partial charge in [-0.3, -0.25) is 4.79 Å². The summed E-state index contributed by atoms with van der Waals surface area (Å²) in [5.74, 6) is -3.09. The number of benzene rings is 1. The molecule has 1 heterocycles. The Morgan fingerprint density at radius 2 is 1.57 bits per heavy atom. The van der Waals surface area contributed by atoms with Gasteiger partial charge in [-0.05, 0) is 57.0 Å². The van der Waals surface area contributed by atoms with Crippen LogP contribution >= 0.6 is 0 Å². The van der Waals surface area contributed by atoms with Gasteiger partial charge in [0.1, 0.15) is 0 Å². The van der Waals surface area contributed by atoms with E-state index < -0.39 is 33.7 Å². The lowest BCUT2D eigenvalue weighted by atomic mass is 9.78. The standard InChI is InChI=1S/C20H24N4O5S/c1-12-11-13(2)22-20(21-12)24-30(28,29)15-9-7-14(8-10-15)23-18(25)16-5-3-4-6-17(16)19(26)27/h7-11,16-17H,3-6H2,1-2H3,(H,23,25)(H,26,27)(H,21,22,24)/p-1. The molecule has 9 nitrogen and oxygen atoms in total. The van der Waals surface area contributed by atoms with Crippen LogP contribution in [0.3, 0.4) is 0 Å². The van der Waals surface area contributed by atoms with Gasteiger partial charge >= 0.3 is 0 Å². The van der Waals surface area contributed by atoms with Crippen molar-refractivity contribution in [1.29, 1.82) is 0 Å². The molecule has 30 heavy (non-hydrogen) atoms. The van der Waals surface area contributed by atoms with Crippen molar-refractivity contribution in [3.8, 4) is 0 Å². The molecule has 2 aromatic rings. The van der Waals surface area contributed by atoms with E-state index in [1.807, 2.05) is 0 Å². The lowest BCUT2D eigenvalue weighted by molar-refractivity contribution is -0.313. The van der Waals surface area contributed by atoms with E-state index in [0.29, 0.717) is 29.9 Å². The maximum Gasteiger partial charge on any atom is 0.264 e. The maximum atomic E-state index is 12.6. The van der Waals surface area contributed by atoms with Crippen LogP contribution in [-0.4, -0.2) is 30.3 Å². The van der Waals surface area contributed by atoms with Crippen LogP contribution in [0.1, 0.15) is 37.1 Å². The zero-order chi connectivity index (χ0) is 21.9. The summed E-state index contributed by atoms with van der Waals surface area (Å²) >= 11 is 0. The van der Waals surface area contributed by atoms with Crippen LogP contribution in [0.15, 0.2) is 35.2 Å². The Morgan fingerprint density at radius 1 is 1.00 bits per heavy atom. The molecule has 1 aromatic heterocycles. The molecule has 1 aliphatic rings. The largest absolute Gasteiger partial charge is 0.550 e. The molecule has 160 valence electrons. The fourth-order valence-corrected chi connectivity index (χ4v) is 4.57. The zero-order valence-corrected chi connectivity index (χ0v) is 17.5. The molecule has 2 N–H and O–H groups in total. The van der Waals surface area contributed by atoms with Crippen molar-refractivity contribution in [2.75, 3.05) is 10.0 Å². The average molecular weight is 431 g/mol. The maximum absolute atomic E-state index is 12.6. The molecule has 1 amide bonds. The van der Waals surface area contributed by atoms with Gasteiger partial charge in [-0.15, -0.1) is 0 Å². The van der Waals surface area contributed by atoms with E-state index in [9.17, 15) is 23.1 Å². The van der Waals surface area contributed by atoms with E-state index in [0.717, 1.165) is 12.8 Å². The van der Waals surface area contributed by atoms with Crippen molar-refractivity contribution in [3.63, 3.8) is 0 Å². The number of nitrogens with one attached hydrogen (secondary N) is 2. The Hall–Kier alpha value is -3.01. The number of carboxylic acids is 1.